The Kier molecular flexibility index (Phi) is 21.4. The number of esters is 3. The number of ketones is 1. The number of rotatable bonds is 14. The SMILES string of the molecule is CCOC(=O)/C=C/C[C@H]1C[C@@H](C)C(=O)/C=C/C(C)=C/[C@H](CO[C@@H]2O[C@H](C)[C@@H](OC(C)=O)[C@@H](OC)[C@H]2OC)[C@@H](CC)OC(=O)/C=C(/O)[C@H](C)[C@H]1O[C@H]1O[C@@H](C)[C@H](O)[C@@H](N(C)C)[C@@H]1O. The molecule has 3 rings (SSSR count). The highest BCUT2D eigenvalue weighted by atomic mass is 16.7. The number of aliphatic hydroxyl groups excluding tert-OH is 3. The van der Waals surface area contributed by atoms with Crippen molar-refractivity contribution in [3.8, 4) is 0 Å². The van der Waals surface area contributed by atoms with Gasteiger partial charge in [0.2, 0.25) is 0 Å². The molecule has 16 atom stereocenters. The Morgan fingerprint density at radius 3 is 2.18 bits per heavy atom. The maximum atomic E-state index is 13.8. The molecule has 3 heterocycles. The van der Waals surface area contributed by atoms with Crippen LogP contribution in [0.15, 0.2) is 47.8 Å². The third-order valence-corrected chi connectivity index (χ3v) is 11.7. The smallest absolute Gasteiger partial charge is 0.334 e. The predicted octanol–water partition coefficient (Wildman–Crippen LogP) is 3.74. The lowest BCUT2D eigenvalue weighted by molar-refractivity contribution is -0.306. The summed E-state index contributed by atoms with van der Waals surface area (Å²) in [6, 6.07) is -0.774. The van der Waals surface area contributed by atoms with Crippen LogP contribution in [0.5, 0.6) is 0 Å². The van der Waals surface area contributed by atoms with Crippen LogP contribution < -0.4 is 0 Å². The minimum absolute atomic E-state index is 0.0407. The highest BCUT2D eigenvalue weighted by Gasteiger charge is 2.49. The summed E-state index contributed by atoms with van der Waals surface area (Å²) in [4.78, 5) is 53.4. The maximum Gasteiger partial charge on any atom is 0.334 e. The maximum absolute atomic E-state index is 13.8. The molecule has 0 saturated carbocycles. The van der Waals surface area contributed by atoms with Gasteiger partial charge in [0.15, 0.2) is 24.5 Å². The Hall–Kier alpha value is -3.52. The summed E-state index contributed by atoms with van der Waals surface area (Å²) in [6.45, 7) is 13.5. The zero-order chi connectivity index (χ0) is 46.4. The van der Waals surface area contributed by atoms with Crippen molar-refractivity contribution in [3.63, 3.8) is 0 Å². The summed E-state index contributed by atoms with van der Waals surface area (Å²) >= 11 is 0. The van der Waals surface area contributed by atoms with Crippen LogP contribution in [0, 0.1) is 23.7 Å². The number of carbonyl (C=O) groups excluding carboxylic acids is 4. The molecule has 2 fully saturated rings. The molecule has 0 unspecified atom stereocenters. The van der Waals surface area contributed by atoms with Gasteiger partial charge in [-0.25, -0.2) is 9.59 Å². The van der Waals surface area contributed by atoms with Gasteiger partial charge in [-0.2, -0.15) is 0 Å². The van der Waals surface area contributed by atoms with E-state index in [1.54, 1.807) is 72.7 Å². The molecular formula is C45H71NO16. The van der Waals surface area contributed by atoms with Crippen molar-refractivity contribution < 1.29 is 77.1 Å². The fraction of sp³-hybridized carbons (Fsp3) is 0.733. The van der Waals surface area contributed by atoms with Gasteiger partial charge in [-0.05, 0) is 73.0 Å². The summed E-state index contributed by atoms with van der Waals surface area (Å²) in [6.07, 6.45) is -0.621. The Bertz CT molecular complexity index is 1590. The van der Waals surface area contributed by atoms with E-state index >= 15 is 0 Å². The summed E-state index contributed by atoms with van der Waals surface area (Å²) in [7, 11) is 6.35. The molecule has 0 spiro atoms. The van der Waals surface area contributed by atoms with E-state index < -0.39 is 121 Å². The number of hydrogen-bond donors (Lipinski definition) is 3. The third kappa shape index (κ3) is 14.5. The van der Waals surface area contributed by atoms with Crippen molar-refractivity contribution in [1.29, 1.82) is 0 Å². The van der Waals surface area contributed by atoms with E-state index in [0.717, 1.165) is 6.08 Å². The molecule has 0 aromatic carbocycles. The molecule has 0 aromatic heterocycles. The van der Waals surface area contributed by atoms with Gasteiger partial charge in [0.25, 0.3) is 0 Å². The highest BCUT2D eigenvalue weighted by Crippen LogP contribution is 2.35. The normalized spacial score (nSPS) is 39.0. The Morgan fingerprint density at radius 2 is 1.58 bits per heavy atom. The molecule has 0 bridgehead atoms. The average Bonchev–Trinajstić information content (AvgIpc) is 3.20. The fourth-order valence-electron chi connectivity index (χ4n) is 8.29. The van der Waals surface area contributed by atoms with Gasteiger partial charge in [0.05, 0.1) is 49.7 Å². The molecule has 0 radical (unpaired) electrons. The first-order valence-electron chi connectivity index (χ1n) is 21.5. The lowest BCUT2D eigenvalue weighted by Gasteiger charge is -2.46. The summed E-state index contributed by atoms with van der Waals surface area (Å²) in [5.41, 5.74) is 0.670. The zero-order valence-electron chi connectivity index (χ0n) is 38.3. The third-order valence-electron chi connectivity index (χ3n) is 11.7. The van der Waals surface area contributed by atoms with Gasteiger partial charge >= 0.3 is 17.9 Å². The molecule has 0 aromatic rings. The van der Waals surface area contributed by atoms with Crippen molar-refractivity contribution in [3.05, 3.63) is 47.8 Å². The summed E-state index contributed by atoms with van der Waals surface area (Å²) in [5.74, 6) is -5.26. The lowest BCUT2D eigenvalue weighted by Crippen LogP contribution is -2.63. The monoisotopic (exact) mass is 881 g/mol. The minimum atomic E-state index is -1.34. The Balaban J connectivity index is 2.06. The van der Waals surface area contributed by atoms with Crippen molar-refractivity contribution >= 4 is 23.7 Å². The number of nitrogens with zero attached hydrogens (tertiary/aromatic N) is 1. The van der Waals surface area contributed by atoms with E-state index in [4.69, 9.17) is 42.6 Å². The minimum Gasteiger partial charge on any atom is -0.512 e. The van der Waals surface area contributed by atoms with Crippen LogP contribution in [-0.4, -0.2) is 159 Å². The fourth-order valence-corrected chi connectivity index (χ4v) is 8.29. The largest absolute Gasteiger partial charge is 0.512 e. The lowest BCUT2D eigenvalue weighted by atomic mass is 9.81. The second-order valence-electron chi connectivity index (χ2n) is 16.6. The number of ether oxygens (including phenoxy) is 9. The first-order valence-corrected chi connectivity index (χ1v) is 21.5. The highest BCUT2D eigenvalue weighted by molar-refractivity contribution is 5.91. The van der Waals surface area contributed by atoms with E-state index in [-0.39, 0.29) is 31.8 Å². The van der Waals surface area contributed by atoms with E-state index in [2.05, 4.69) is 0 Å². The van der Waals surface area contributed by atoms with Crippen molar-refractivity contribution in [1.82, 2.24) is 4.90 Å². The van der Waals surface area contributed by atoms with Gasteiger partial charge in [0.1, 0.15) is 30.2 Å². The molecule has 3 aliphatic heterocycles. The van der Waals surface area contributed by atoms with Gasteiger partial charge in [0, 0.05) is 45.0 Å². The first kappa shape index (κ1) is 52.8. The molecule has 3 aliphatic rings. The second-order valence-corrected chi connectivity index (χ2v) is 16.6. The zero-order valence-corrected chi connectivity index (χ0v) is 38.3. The molecule has 0 amide bonds. The number of carbonyl (C=O) groups is 4. The predicted molar refractivity (Wildman–Crippen MR) is 225 cm³/mol. The van der Waals surface area contributed by atoms with Crippen LogP contribution in [0.3, 0.4) is 0 Å². The number of aliphatic hydroxyl groups is 3. The number of allylic oxidation sites excluding steroid dienone is 4. The van der Waals surface area contributed by atoms with Crippen molar-refractivity contribution in [2.75, 3.05) is 41.5 Å². The molecule has 17 heteroatoms. The quantitative estimate of drug-likeness (QED) is 0.129. The topological polar surface area (TPSA) is 215 Å². The Morgan fingerprint density at radius 1 is 0.919 bits per heavy atom. The van der Waals surface area contributed by atoms with Crippen LogP contribution >= 0.6 is 0 Å². The van der Waals surface area contributed by atoms with Crippen LogP contribution in [-0.2, 0) is 61.8 Å². The van der Waals surface area contributed by atoms with Crippen LogP contribution in [0.1, 0.15) is 74.7 Å². The van der Waals surface area contributed by atoms with Gasteiger partial charge in [-0.3, -0.25) is 9.59 Å². The number of methoxy groups -OCH3 is 2. The molecule has 352 valence electrons. The van der Waals surface area contributed by atoms with E-state index in [0.29, 0.717) is 12.0 Å². The Labute approximate surface area is 366 Å². The van der Waals surface area contributed by atoms with Crippen molar-refractivity contribution in [2.45, 2.75) is 148 Å². The van der Waals surface area contributed by atoms with E-state index in [1.807, 2.05) is 13.0 Å². The second kappa shape index (κ2) is 25.1. The summed E-state index contributed by atoms with van der Waals surface area (Å²) in [5, 5.41) is 34.1. The van der Waals surface area contributed by atoms with Gasteiger partial charge in [-0.15, -0.1) is 0 Å². The van der Waals surface area contributed by atoms with E-state index in [9.17, 15) is 34.5 Å². The van der Waals surface area contributed by atoms with Crippen molar-refractivity contribution in [2.24, 2.45) is 23.7 Å². The number of cyclic esters (lactones) is 1. The standard InChI is InChI=1S/C45H71NO16/c1-13-34-31(23-57-45-43(55-12)42(54-11)41(28(7)59-45)60-29(8)47)20-24(3)18-19-32(48)25(4)21-30(16-15-17-35(50)56-14-2)40(26(5)33(49)22-36(51)61-34)62-44-39(53)37(46(9)10)38(52)27(6)58-44/h15,17-20,22,25-28,30-31,34,37-45,49,52-53H,13-14,16,21,23H2,1-12H3/b17-15+,19-18+,24-20+,33-22+/t25-,26+,27+,28-,30+,31-,34-,37-,38+,39+,40-,41-,42-,43-,44-,45-/m1/s1. The summed E-state index contributed by atoms with van der Waals surface area (Å²) < 4.78 is 53.0. The van der Waals surface area contributed by atoms with Gasteiger partial charge < -0.3 is 62.9 Å². The van der Waals surface area contributed by atoms with E-state index in [1.165, 1.54) is 33.3 Å². The van der Waals surface area contributed by atoms with Gasteiger partial charge in [-0.1, -0.05) is 44.6 Å². The molecular weight excluding hydrogens is 810 g/mol. The number of hydrogen-bond acceptors (Lipinski definition) is 17. The average molecular weight is 882 g/mol. The molecule has 0 aliphatic carbocycles. The van der Waals surface area contributed by atoms with Crippen LogP contribution in [0.25, 0.3) is 0 Å². The van der Waals surface area contributed by atoms with Crippen LogP contribution in [0.4, 0.5) is 0 Å². The molecule has 62 heavy (non-hydrogen) atoms. The molecule has 3 N–H and O–H groups in total. The molecule has 2 saturated heterocycles. The molecule has 17 nitrogen and oxygen atoms in total. The van der Waals surface area contributed by atoms with Crippen LogP contribution in [0.2, 0.25) is 0 Å². The first-order chi connectivity index (χ1) is 29.3. The number of likely N-dealkylation sites (N-methyl/N-ethyl adjacent to an activating group) is 1.